The van der Waals surface area contributed by atoms with Gasteiger partial charge in [0.15, 0.2) is 0 Å². The van der Waals surface area contributed by atoms with E-state index in [1.807, 2.05) is 37.3 Å². The average Bonchev–Trinajstić information content (AvgIpc) is 2.88. The van der Waals surface area contributed by atoms with Crippen LogP contribution in [0.1, 0.15) is 91.0 Å². The van der Waals surface area contributed by atoms with Crippen LogP contribution in [0.25, 0.3) is 0 Å². The van der Waals surface area contributed by atoms with Crippen molar-refractivity contribution >= 4 is 17.7 Å². The van der Waals surface area contributed by atoms with Crippen LogP contribution in [0.3, 0.4) is 0 Å². The van der Waals surface area contributed by atoms with Crippen LogP contribution in [-0.4, -0.2) is 58.3 Å². The summed E-state index contributed by atoms with van der Waals surface area (Å²) in [4.78, 5) is 37.8. The van der Waals surface area contributed by atoms with E-state index < -0.39 is 35.6 Å². The molecule has 1 aliphatic carbocycles. The first-order valence-electron chi connectivity index (χ1n) is 14.4. The molecule has 1 fully saturated rings. The zero-order chi connectivity index (χ0) is 28.1. The van der Waals surface area contributed by atoms with Crippen molar-refractivity contribution in [3.63, 3.8) is 0 Å². The minimum absolute atomic E-state index is 0.0976. The van der Waals surface area contributed by atoms with Crippen LogP contribution in [-0.2, 0) is 20.8 Å². The fraction of sp³-hybridized carbons (Fsp3) is 0.700. The number of hydrogen-bond acceptors (Lipinski definition) is 5. The van der Waals surface area contributed by atoms with E-state index in [4.69, 9.17) is 0 Å². The van der Waals surface area contributed by atoms with Crippen molar-refractivity contribution in [2.75, 3.05) is 6.54 Å². The smallest absolute Gasteiger partial charge is 0.223 e. The molecule has 0 aromatic heterocycles. The molecule has 214 valence electrons. The van der Waals surface area contributed by atoms with Gasteiger partial charge in [-0.3, -0.25) is 14.4 Å². The van der Waals surface area contributed by atoms with E-state index in [1.54, 1.807) is 6.92 Å². The second-order valence-corrected chi connectivity index (χ2v) is 11.1. The lowest BCUT2D eigenvalue weighted by Crippen LogP contribution is -2.56. The van der Waals surface area contributed by atoms with Crippen molar-refractivity contribution in [2.24, 2.45) is 11.8 Å². The molecule has 2 unspecified atom stereocenters. The number of benzene rings is 1. The first kappa shape index (κ1) is 31.8. The molecule has 0 bridgehead atoms. The van der Waals surface area contributed by atoms with Crippen LogP contribution in [0.2, 0.25) is 0 Å². The summed E-state index contributed by atoms with van der Waals surface area (Å²) in [6, 6.07) is 8.68. The van der Waals surface area contributed by atoms with Crippen LogP contribution < -0.4 is 16.0 Å². The van der Waals surface area contributed by atoms with Crippen molar-refractivity contribution in [3.8, 4) is 0 Å². The average molecular weight is 532 g/mol. The molecule has 0 heterocycles. The summed E-state index contributed by atoms with van der Waals surface area (Å²) in [5.74, 6) is -1.32. The number of amides is 3. The lowest BCUT2D eigenvalue weighted by Gasteiger charge is -2.42. The van der Waals surface area contributed by atoms with E-state index in [9.17, 15) is 24.6 Å². The Labute approximate surface area is 228 Å². The fourth-order valence-corrected chi connectivity index (χ4v) is 5.48. The summed E-state index contributed by atoms with van der Waals surface area (Å²) >= 11 is 0. The first-order valence-corrected chi connectivity index (χ1v) is 14.4. The van der Waals surface area contributed by atoms with E-state index in [1.165, 1.54) is 6.92 Å². The van der Waals surface area contributed by atoms with Gasteiger partial charge >= 0.3 is 0 Å². The molecule has 0 spiro atoms. The van der Waals surface area contributed by atoms with Gasteiger partial charge in [0.25, 0.3) is 0 Å². The van der Waals surface area contributed by atoms with Gasteiger partial charge in [0.2, 0.25) is 17.7 Å². The molecule has 8 heteroatoms. The molecule has 1 aromatic rings. The predicted molar refractivity (Wildman–Crippen MR) is 149 cm³/mol. The SMILES string of the molecule is CCCCNC(=O)[C@H](C)C[C@H](O)C(Cc1ccccc1)NC(=O)[C@H]1CCC[C@](O)(C(CCC)NC(C)=O)C1. The summed E-state index contributed by atoms with van der Waals surface area (Å²) in [7, 11) is 0. The van der Waals surface area contributed by atoms with Gasteiger partial charge in [0.1, 0.15) is 0 Å². The van der Waals surface area contributed by atoms with E-state index in [2.05, 4.69) is 22.9 Å². The Morgan fingerprint density at radius 2 is 1.82 bits per heavy atom. The highest BCUT2D eigenvalue weighted by atomic mass is 16.3. The molecule has 0 aliphatic heterocycles. The molecule has 8 nitrogen and oxygen atoms in total. The normalized spacial score (nSPS) is 22.5. The highest BCUT2D eigenvalue weighted by Gasteiger charge is 2.43. The second kappa shape index (κ2) is 15.8. The molecule has 0 radical (unpaired) electrons. The van der Waals surface area contributed by atoms with Gasteiger partial charge < -0.3 is 26.2 Å². The van der Waals surface area contributed by atoms with E-state index in [0.29, 0.717) is 38.6 Å². The van der Waals surface area contributed by atoms with Gasteiger partial charge in [-0.15, -0.1) is 0 Å². The minimum Gasteiger partial charge on any atom is -0.391 e. The Morgan fingerprint density at radius 3 is 2.45 bits per heavy atom. The summed E-state index contributed by atoms with van der Waals surface area (Å²) in [6.45, 7) is 7.92. The number of aliphatic hydroxyl groups excluding tert-OH is 1. The zero-order valence-electron chi connectivity index (χ0n) is 23.7. The topological polar surface area (TPSA) is 128 Å². The Kier molecular flexibility index (Phi) is 13.2. The molecule has 3 amide bonds. The fourth-order valence-electron chi connectivity index (χ4n) is 5.48. The Hall–Kier alpha value is -2.45. The molecule has 0 saturated heterocycles. The maximum absolute atomic E-state index is 13.5. The number of aliphatic hydroxyl groups is 2. The van der Waals surface area contributed by atoms with Crippen LogP contribution in [0.15, 0.2) is 30.3 Å². The zero-order valence-corrected chi connectivity index (χ0v) is 23.7. The number of rotatable bonds is 15. The largest absolute Gasteiger partial charge is 0.391 e. The maximum atomic E-state index is 13.5. The summed E-state index contributed by atoms with van der Waals surface area (Å²) < 4.78 is 0. The number of unbranched alkanes of at least 4 members (excludes halogenated alkanes) is 1. The Bertz CT molecular complexity index is 880. The van der Waals surface area contributed by atoms with E-state index in [-0.39, 0.29) is 30.6 Å². The lowest BCUT2D eigenvalue weighted by atomic mass is 9.72. The van der Waals surface area contributed by atoms with Crippen molar-refractivity contribution in [1.82, 2.24) is 16.0 Å². The Morgan fingerprint density at radius 1 is 1.11 bits per heavy atom. The molecular weight excluding hydrogens is 482 g/mol. The summed E-state index contributed by atoms with van der Waals surface area (Å²) in [5, 5.41) is 31.5. The highest BCUT2D eigenvalue weighted by molar-refractivity contribution is 5.80. The molecule has 1 aromatic carbocycles. The van der Waals surface area contributed by atoms with E-state index in [0.717, 1.165) is 24.8 Å². The number of carbonyl (C=O) groups is 3. The predicted octanol–water partition coefficient (Wildman–Crippen LogP) is 3.24. The molecule has 2 rings (SSSR count). The van der Waals surface area contributed by atoms with Gasteiger partial charge in [0, 0.05) is 25.3 Å². The van der Waals surface area contributed by atoms with E-state index >= 15 is 0 Å². The van der Waals surface area contributed by atoms with Gasteiger partial charge in [-0.25, -0.2) is 0 Å². The third-order valence-electron chi connectivity index (χ3n) is 7.70. The van der Waals surface area contributed by atoms with Gasteiger partial charge in [-0.2, -0.15) is 0 Å². The van der Waals surface area contributed by atoms with Crippen molar-refractivity contribution in [3.05, 3.63) is 35.9 Å². The summed E-state index contributed by atoms with van der Waals surface area (Å²) in [5.41, 5.74) is -0.175. The van der Waals surface area contributed by atoms with Crippen LogP contribution in [0.5, 0.6) is 0 Å². The quantitative estimate of drug-likeness (QED) is 0.222. The molecular formula is C30H49N3O5. The summed E-state index contributed by atoms with van der Waals surface area (Å²) in [6.07, 6.45) is 5.18. The molecule has 1 saturated carbocycles. The molecule has 5 N–H and O–H groups in total. The second-order valence-electron chi connectivity index (χ2n) is 11.1. The van der Waals surface area contributed by atoms with Crippen molar-refractivity contribution < 1.29 is 24.6 Å². The molecule has 38 heavy (non-hydrogen) atoms. The number of nitrogens with one attached hydrogen (secondary N) is 3. The Balaban J connectivity index is 2.13. The maximum Gasteiger partial charge on any atom is 0.223 e. The standard InChI is InChI=1S/C30H49N3O5/c1-5-7-17-31-28(36)21(3)18-26(35)25(19-23-13-9-8-10-14-23)33-29(37)24-15-11-16-30(38,20-24)27(12-6-2)32-22(4)34/h8-10,13-14,21,24-27,35,38H,5-7,11-12,15-20H2,1-4H3,(H,31,36)(H,32,34)(H,33,37)/t21-,24+,25?,26+,27?,30-/m1/s1. The van der Waals surface area contributed by atoms with Crippen LogP contribution >= 0.6 is 0 Å². The van der Waals surface area contributed by atoms with Crippen molar-refractivity contribution in [1.29, 1.82) is 0 Å². The van der Waals surface area contributed by atoms with Crippen LogP contribution in [0.4, 0.5) is 0 Å². The lowest BCUT2D eigenvalue weighted by molar-refractivity contribution is -0.134. The van der Waals surface area contributed by atoms with Crippen molar-refractivity contribution in [2.45, 2.75) is 116 Å². The molecule has 1 aliphatic rings. The monoisotopic (exact) mass is 531 g/mol. The third kappa shape index (κ3) is 10.0. The third-order valence-corrected chi connectivity index (χ3v) is 7.70. The molecule has 6 atom stereocenters. The number of carbonyl (C=O) groups excluding carboxylic acids is 3. The number of hydrogen-bond donors (Lipinski definition) is 5. The van der Waals surface area contributed by atoms with Crippen LogP contribution in [0, 0.1) is 11.8 Å². The van der Waals surface area contributed by atoms with Gasteiger partial charge in [0.05, 0.1) is 23.8 Å². The highest BCUT2D eigenvalue weighted by Crippen LogP contribution is 2.36. The van der Waals surface area contributed by atoms with Gasteiger partial charge in [-0.1, -0.05) is 63.9 Å². The minimum atomic E-state index is -1.15. The van der Waals surface area contributed by atoms with Gasteiger partial charge in [-0.05, 0) is 56.9 Å². The first-order chi connectivity index (χ1) is 18.1.